The van der Waals surface area contributed by atoms with Gasteiger partial charge in [-0.2, -0.15) is 0 Å². The topological polar surface area (TPSA) is 60.5 Å². The van der Waals surface area contributed by atoms with E-state index in [4.69, 9.17) is 9.47 Å². The second-order valence-corrected chi connectivity index (χ2v) is 7.97. The van der Waals surface area contributed by atoms with E-state index in [0.717, 1.165) is 38.0 Å². The predicted molar refractivity (Wildman–Crippen MR) is 118 cm³/mol. The van der Waals surface area contributed by atoms with Gasteiger partial charge in [0.1, 0.15) is 17.2 Å². The molecule has 0 saturated carbocycles. The number of fused-ring (bicyclic) bond motifs is 2. The molecular weight excluding hydrogens is 384 g/mol. The standard InChI is InChI=1S/C23H22N2O3S/c1-4-11-25-23(26)21-14(2)29-20-7-5-6-19(22(20)21)28-18-10-12-24-17-13-15(27-3)8-9-16(17)18/h5-10,12-13H,4,11H2,1-3H3,(H,25,26). The van der Waals surface area contributed by atoms with E-state index in [1.807, 2.05) is 56.3 Å². The van der Waals surface area contributed by atoms with Gasteiger partial charge in [0.25, 0.3) is 5.91 Å². The quantitative estimate of drug-likeness (QED) is 0.446. The van der Waals surface area contributed by atoms with Gasteiger partial charge < -0.3 is 14.8 Å². The van der Waals surface area contributed by atoms with Crippen molar-refractivity contribution < 1.29 is 14.3 Å². The summed E-state index contributed by atoms with van der Waals surface area (Å²) in [6.07, 6.45) is 2.60. The number of aromatic nitrogens is 1. The van der Waals surface area contributed by atoms with Gasteiger partial charge in [-0.15, -0.1) is 11.3 Å². The van der Waals surface area contributed by atoms with Crippen LogP contribution in [0.3, 0.4) is 0 Å². The summed E-state index contributed by atoms with van der Waals surface area (Å²) < 4.78 is 12.7. The molecule has 1 amide bonds. The highest BCUT2D eigenvalue weighted by molar-refractivity contribution is 7.19. The van der Waals surface area contributed by atoms with E-state index >= 15 is 0 Å². The smallest absolute Gasteiger partial charge is 0.253 e. The van der Waals surface area contributed by atoms with Crippen LogP contribution in [0.15, 0.2) is 48.7 Å². The number of aryl methyl sites for hydroxylation is 1. The molecule has 0 saturated heterocycles. The Kier molecular flexibility index (Phi) is 5.36. The van der Waals surface area contributed by atoms with E-state index in [1.165, 1.54) is 0 Å². The lowest BCUT2D eigenvalue weighted by Gasteiger charge is -2.12. The molecule has 0 bridgehead atoms. The Morgan fingerprint density at radius 3 is 2.83 bits per heavy atom. The van der Waals surface area contributed by atoms with E-state index in [2.05, 4.69) is 10.3 Å². The van der Waals surface area contributed by atoms with Crippen molar-refractivity contribution in [3.05, 3.63) is 59.1 Å². The molecule has 0 aliphatic carbocycles. The molecule has 2 heterocycles. The van der Waals surface area contributed by atoms with E-state index in [0.29, 0.717) is 23.6 Å². The number of carbonyl (C=O) groups excluding carboxylic acids is 1. The number of rotatable bonds is 6. The van der Waals surface area contributed by atoms with Gasteiger partial charge in [-0.05, 0) is 43.7 Å². The van der Waals surface area contributed by atoms with Gasteiger partial charge >= 0.3 is 0 Å². The molecule has 0 radical (unpaired) electrons. The Hall–Kier alpha value is -3.12. The van der Waals surface area contributed by atoms with Crippen LogP contribution in [-0.4, -0.2) is 24.5 Å². The van der Waals surface area contributed by atoms with Gasteiger partial charge in [-0.3, -0.25) is 9.78 Å². The monoisotopic (exact) mass is 406 g/mol. The van der Waals surface area contributed by atoms with Gasteiger partial charge in [0, 0.05) is 39.2 Å². The molecule has 0 atom stereocenters. The molecule has 0 unspecified atom stereocenters. The van der Waals surface area contributed by atoms with Crippen LogP contribution >= 0.6 is 11.3 Å². The molecule has 2 aromatic carbocycles. The highest BCUT2D eigenvalue weighted by atomic mass is 32.1. The van der Waals surface area contributed by atoms with Gasteiger partial charge in [0.15, 0.2) is 0 Å². The van der Waals surface area contributed by atoms with Crippen molar-refractivity contribution in [1.29, 1.82) is 0 Å². The molecule has 0 aliphatic heterocycles. The van der Waals surface area contributed by atoms with E-state index < -0.39 is 0 Å². The molecule has 0 fully saturated rings. The summed E-state index contributed by atoms with van der Waals surface area (Å²) in [4.78, 5) is 18.2. The molecule has 0 aliphatic rings. The lowest BCUT2D eigenvalue weighted by Crippen LogP contribution is -2.24. The zero-order valence-electron chi connectivity index (χ0n) is 16.6. The maximum absolute atomic E-state index is 12.8. The van der Waals surface area contributed by atoms with E-state index in [9.17, 15) is 4.79 Å². The Bertz CT molecular complexity index is 1200. The van der Waals surface area contributed by atoms with Crippen LogP contribution in [0.5, 0.6) is 17.2 Å². The highest BCUT2D eigenvalue weighted by Crippen LogP contribution is 2.40. The Morgan fingerprint density at radius 2 is 2.03 bits per heavy atom. The number of thiophene rings is 1. The third-order valence-electron chi connectivity index (χ3n) is 4.75. The van der Waals surface area contributed by atoms with Crippen molar-refractivity contribution in [2.75, 3.05) is 13.7 Å². The highest BCUT2D eigenvalue weighted by Gasteiger charge is 2.20. The van der Waals surface area contributed by atoms with Crippen LogP contribution < -0.4 is 14.8 Å². The maximum atomic E-state index is 12.8. The fraction of sp³-hybridized carbons (Fsp3) is 0.217. The minimum absolute atomic E-state index is 0.0593. The average Bonchev–Trinajstić information content (AvgIpc) is 3.08. The van der Waals surface area contributed by atoms with Gasteiger partial charge in [-0.25, -0.2) is 0 Å². The number of amides is 1. The van der Waals surface area contributed by atoms with Crippen molar-refractivity contribution >= 4 is 38.2 Å². The minimum atomic E-state index is -0.0593. The third-order valence-corrected chi connectivity index (χ3v) is 5.82. The summed E-state index contributed by atoms with van der Waals surface area (Å²) in [6.45, 7) is 4.66. The van der Waals surface area contributed by atoms with Gasteiger partial charge in [0.2, 0.25) is 0 Å². The van der Waals surface area contributed by atoms with Crippen molar-refractivity contribution in [3.8, 4) is 17.2 Å². The van der Waals surface area contributed by atoms with Crippen LogP contribution in [0, 0.1) is 6.92 Å². The molecule has 4 rings (SSSR count). The van der Waals surface area contributed by atoms with Crippen LogP contribution in [0.25, 0.3) is 21.0 Å². The molecule has 4 aromatic rings. The Labute approximate surface area is 173 Å². The fourth-order valence-electron chi connectivity index (χ4n) is 3.36. The van der Waals surface area contributed by atoms with Crippen LogP contribution in [0.2, 0.25) is 0 Å². The summed E-state index contributed by atoms with van der Waals surface area (Å²) in [5.41, 5.74) is 1.48. The van der Waals surface area contributed by atoms with Crippen LogP contribution in [0.1, 0.15) is 28.6 Å². The van der Waals surface area contributed by atoms with Crippen molar-refractivity contribution in [2.24, 2.45) is 0 Å². The van der Waals surface area contributed by atoms with Crippen LogP contribution in [-0.2, 0) is 0 Å². The zero-order chi connectivity index (χ0) is 20.4. The summed E-state index contributed by atoms with van der Waals surface area (Å²) >= 11 is 1.60. The number of benzene rings is 2. The lowest BCUT2D eigenvalue weighted by atomic mass is 10.1. The number of hydrogen-bond acceptors (Lipinski definition) is 5. The zero-order valence-corrected chi connectivity index (χ0v) is 17.4. The van der Waals surface area contributed by atoms with E-state index in [-0.39, 0.29) is 5.91 Å². The van der Waals surface area contributed by atoms with Crippen molar-refractivity contribution in [1.82, 2.24) is 10.3 Å². The average molecular weight is 407 g/mol. The molecule has 1 N–H and O–H groups in total. The summed E-state index contributed by atoms with van der Waals surface area (Å²) in [7, 11) is 1.63. The molecule has 2 aromatic heterocycles. The number of carbonyl (C=O) groups is 1. The van der Waals surface area contributed by atoms with Gasteiger partial charge in [0.05, 0.1) is 18.2 Å². The van der Waals surface area contributed by atoms with Crippen molar-refractivity contribution in [2.45, 2.75) is 20.3 Å². The summed E-state index contributed by atoms with van der Waals surface area (Å²) in [6, 6.07) is 13.4. The summed E-state index contributed by atoms with van der Waals surface area (Å²) in [5, 5.41) is 4.72. The fourth-order valence-corrected chi connectivity index (χ4v) is 4.43. The Balaban J connectivity index is 1.81. The summed E-state index contributed by atoms with van der Waals surface area (Å²) in [5.74, 6) is 2.04. The van der Waals surface area contributed by atoms with Crippen molar-refractivity contribution in [3.63, 3.8) is 0 Å². The number of nitrogens with zero attached hydrogens (tertiary/aromatic N) is 1. The number of hydrogen-bond donors (Lipinski definition) is 1. The number of pyridine rings is 1. The molecule has 29 heavy (non-hydrogen) atoms. The second kappa shape index (κ2) is 8.09. The first-order valence-corrected chi connectivity index (χ1v) is 10.3. The first-order valence-electron chi connectivity index (χ1n) is 9.53. The maximum Gasteiger partial charge on any atom is 0.253 e. The first-order chi connectivity index (χ1) is 14.1. The second-order valence-electron chi connectivity index (χ2n) is 6.71. The first kappa shape index (κ1) is 19.2. The normalized spacial score (nSPS) is 11.0. The van der Waals surface area contributed by atoms with Gasteiger partial charge in [-0.1, -0.05) is 13.0 Å². The molecule has 5 nitrogen and oxygen atoms in total. The van der Waals surface area contributed by atoms with E-state index in [1.54, 1.807) is 24.6 Å². The molecule has 0 spiro atoms. The third kappa shape index (κ3) is 3.63. The predicted octanol–water partition coefficient (Wildman–Crippen LogP) is 5.70. The largest absolute Gasteiger partial charge is 0.497 e. The number of ether oxygens (including phenoxy) is 2. The minimum Gasteiger partial charge on any atom is -0.497 e. The SMILES string of the molecule is CCCNC(=O)c1c(C)sc2cccc(Oc3ccnc4cc(OC)ccc34)c12. The van der Waals surface area contributed by atoms with Crippen LogP contribution in [0.4, 0.5) is 0 Å². The molecular formula is C23H22N2O3S. The molecule has 148 valence electrons. The Morgan fingerprint density at radius 1 is 1.17 bits per heavy atom. The number of nitrogens with one attached hydrogen (secondary N) is 1. The molecule has 6 heteroatoms. The number of methoxy groups -OCH3 is 1. The lowest BCUT2D eigenvalue weighted by molar-refractivity contribution is 0.0955.